The second-order valence-corrected chi connectivity index (χ2v) is 5.79. The van der Waals surface area contributed by atoms with Crippen LogP contribution in [0.3, 0.4) is 0 Å². The van der Waals surface area contributed by atoms with E-state index in [1.807, 2.05) is 44.1 Å². The van der Waals surface area contributed by atoms with Gasteiger partial charge in [-0.15, -0.1) is 0 Å². The Morgan fingerprint density at radius 3 is 2.70 bits per heavy atom. The van der Waals surface area contributed by atoms with E-state index in [-0.39, 0.29) is 18.1 Å². The molecule has 0 unspecified atom stereocenters. The Morgan fingerprint density at radius 1 is 1.45 bits per heavy atom. The molecule has 1 aromatic rings. The number of hydrogen-bond donors (Lipinski definition) is 2. The number of amides is 1. The van der Waals surface area contributed by atoms with Gasteiger partial charge in [0, 0.05) is 38.6 Å². The van der Waals surface area contributed by atoms with Gasteiger partial charge in [-0.1, -0.05) is 6.07 Å². The van der Waals surface area contributed by atoms with E-state index in [0.29, 0.717) is 0 Å². The number of hydrogen-bond acceptors (Lipinski definition) is 4. The van der Waals surface area contributed by atoms with Gasteiger partial charge < -0.3 is 20.3 Å². The van der Waals surface area contributed by atoms with Gasteiger partial charge in [-0.2, -0.15) is 0 Å². The second-order valence-electron chi connectivity index (χ2n) is 5.79. The Morgan fingerprint density at radius 2 is 2.15 bits per heavy atom. The van der Waals surface area contributed by atoms with Crippen molar-refractivity contribution in [3.8, 4) is 0 Å². The number of benzene rings is 1. The molecule has 110 valence electrons. The number of nitrogens with zero attached hydrogens (tertiary/aromatic N) is 1. The Labute approximate surface area is 120 Å². The molecular weight excluding hydrogens is 254 g/mol. The van der Waals surface area contributed by atoms with E-state index in [9.17, 15) is 4.79 Å². The van der Waals surface area contributed by atoms with Gasteiger partial charge in [0.15, 0.2) is 0 Å². The molecule has 1 heterocycles. The van der Waals surface area contributed by atoms with Gasteiger partial charge in [-0.3, -0.25) is 4.79 Å². The molecule has 1 aliphatic rings. The summed E-state index contributed by atoms with van der Waals surface area (Å²) in [6.07, 6.45) is 0. The zero-order valence-electron chi connectivity index (χ0n) is 12.6. The van der Waals surface area contributed by atoms with E-state index in [4.69, 9.17) is 4.74 Å². The van der Waals surface area contributed by atoms with Crippen LogP contribution in [-0.4, -0.2) is 45.3 Å². The molecule has 0 atom stereocenters. The van der Waals surface area contributed by atoms with Gasteiger partial charge in [-0.05, 0) is 31.5 Å². The molecule has 1 amide bonds. The highest BCUT2D eigenvalue weighted by atomic mass is 16.5. The largest absolute Gasteiger partial charge is 0.377 e. The number of carbonyl (C=O) groups is 1. The summed E-state index contributed by atoms with van der Waals surface area (Å²) in [5.74, 6) is -0.119. The molecule has 5 nitrogen and oxygen atoms in total. The van der Waals surface area contributed by atoms with Gasteiger partial charge in [0.1, 0.15) is 6.61 Å². The molecule has 0 bridgehead atoms. The molecule has 1 aromatic carbocycles. The van der Waals surface area contributed by atoms with Crippen LogP contribution in [0.2, 0.25) is 0 Å². The molecule has 1 fully saturated rings. The van der Waals surface area contributed by atoms with Crippen LogP contribution in [0.4, 0.5) is 11.4 Å². The molecule has 2 rings (SSSR count). The summed E-state index contributed by atoms with van der Waals surface area (Å²) in [5.41, 5.74) is 2.88. The van der Waals surface area contributed by atoms with Crippen molar-refractivity contribution in [1.29, 1.82) is 0 Å². The Balaban J connectivity index is 1.92. The molecule has 1 saturated heterocycles. The quantitative estimate of drug-likeness (QED) is 0.854. The molecular formula is C15H23N3O2. The Hall–Kier alpha value is -1.59. The summed E-state index contributed by atoms with van der Waals surface area (Å²) in [6, 6.07) is 5.88. The van der Waals surface area contributed by atoms with E-state index < -0.39 is 0 Å². The average molecular weight is 277 g/mol. The predicted molar refractivity (Wildman–Crippen MR) is 81.4 cm³/mol. The van der Waals surface area contributed by atoms with Crippen molar-refractivity contribution in [2.24, 2.45) is 0 Å². The molecule has 5 heteroatoms. The first kappa shape index (κ1) is 14.8. The number of nitrogens with one attached hydrogen (secondary N) is 2. The number of ether oxygens (including phenoxy) is 1. The van der Waals surface area contributed by atoms with Crippen LogP contribution in [0.25, 0.3) is 0 Å². The molecule has 1 aliphatic heterocycles. The van der Waals surface area contributed by atoms with E-state index in [2.05, 4.69) is 17.6 Å². The minimum atomic E-state index is -0.195. The van der Waals surface area contributed by atoms with Crippen LogP contribution in [0.15, 0.2) is 18.2 Å². The van der Waals surface area contributed by atoms with Gasteiger partial charge >= 0.3 is 0 Å². The summed E-state index contributed by atoms with van der Waals surface area (Å²) in [4.78, 5) is 13.9. The molecule has 0 aromatic heterocycles. The molecule has 0 spiro atoms. The van der Waals surface area contributed by atoms with Gasteiger partial charge in [0.2, 0.25) is 5.91 Å². The van der Waals surface area contributed by atoms with E-state index in [1.54, 1.807) is 0 Å². The summed E-state index contributed by atoms with van der Waals surface area (Å²) in [7, 11) is 3.98. The second kappa shape index (κ2) is 5.81. The maximum Gasteiger partial charge on any atom is 0.250 e. The van der Waals surface area contributed by atoms with Crippen molar-refractivity contribution in [2.75, 3.05) is 44.0 Å². The lowest BCUT2D eigenvalue weighted by Gasteiger charge is -2.38. The standard InChI is InChI=1S/C15H23N3O2/c1-11-5-6-12(7-13(11)18(3)4)17-14(19)8-20-15(2)9-16-10-15/h5-7,16H,8-10H2,1-4H3,(H,17,19). The summed E-state index contributed by atoms with van der Waals surface area (Å²) in [6.45, 7) is 5.75. The minimum absolute atomic E-state index is 0.0867. The SMILES string of the molecule is Cc1ccc(NC(=O)COC2(C)CNC2)cc1N(C)C. The predicted octanol–water partition coefficient (Wildman–Crippen LogP) is 1.38. The van der Waals surface area contributed by atoms with Crippen molar-refractivity contribution in [3.05, 3.63) is 23.8 Å². The van der Waals surface area contributed by atoms with Gasteiger partial charge in [0.05, 0.1) is 5.60 Å². The normalized spacial score (nSPS) is 16.4. The fraction of sp³-hybridized carbons (Fsp3) is 0.533. The van der Waals surface area contributed by atoms with Crippen molar-refractivity contribution in [1.82, 2.24) is 5.32 Å². The number of rotatable bonds is 5. The lowest BCUT2D eigenvalue weighted by Crippen LogP contribution is -2.59. The topological polar surface area (TPSA) is 53.6 Å². The lowest BCUT2D eigenvalue weighted by atomic mass is 10.0. The Kier molecular flexibility index (Phi) is 4.30. The number of carbonyl (C=O) groups excluding carboxylic acids is 1. The van der Waals surface area contributed by atoms with Crippen LogP contribution in [0.1, 0.15) is 12.5 Å². The van der Waals surface area contributed by atoms with Gasteiger partial charge in [0.25, 0.3) is 0 Å². The number of anilines is 2. The summed E-state index contributed by atoms with van der Waals surface area (Å²) >= 11 is 0. The lowest BCUT2D eigenvalue weighted by molar-refractivity contribution is -0.130. The fourth-order valence-electron chi connectivity index (χ4n) is 2.18. The molecule has 0 saturated carbocycles. The molecule has 20 heavy (non-hydrogen) atoms. The minimum Gasteiger partial charge on any atom is -0.377 e. The first-order chi connectivity index (χ1) is 9.39. The first-order valence-corrected chi connectivity index (χ1v) is 6.82. The van der Waals surface area contributed by atoms with Crippen LogP contribution < -0.4 is 15.5 Å². The molecule has 0 radical (unpaired) electrons. The highest BCUT2D eigenvalue weighted by Gasteiger charge is 2.32. The van der Waals surface area contributed by atoms with E-state index >= 15 is 0 Å². The van der Waals surface area contributed by atoms with Crippen LogP contribution >= 0.6 is 0 Å². The van der Waals surface area contributed by atoms with Crippen LogP contribution in [-0.2, 0) is 9.53 Å². The maximum absolute atomic E-state index is 11.9. The first-order valence-electron chi connectivity index (χ1n) is 6.82. The maximum atomic E-state index is 11.9. The van der Waals surface area contributed by atoms with Gasteiger partial charge in [-0.25, -0.2) is 0 Å². The van der Waals surface area contributed by atoms with E-state index in [0.717, 1.165) is 24.5 Å². The smallest absolute Gasteiger partial charge is 0.250 e. The highest BCUT2D eigenvalue weighted by molar-refractivity contribution is 5.92. The summed E-state index contributed by atoms with van der Waals surface area (Å²) in [5, 5.41) is 6.01. The monoisotopic (exact) mass is 277 g/mol. The third-order valence-corrected chi connectivity index (χ3v) is 3.52. The Bertz CT molecular complexity index is 496. The zero-order chi connectivity index (χ0) is 14.8. The zero-order valence-corrected chi connectivity index (χ0v) is 12.6. The van der Waals surface area contributed by atoms with Crippen molar-refractivity contribution in [3.63, 3.8) is 0 Å². The van der Waals surface area contributed by atoms with E-state index in [1.165, 1.54) is 5.56 Å². The van der Waals surface area contributed by atoms with Crippen LogP contribution in [0, 0.1) is 6.92 Å². The fourth-order valence-corrected chi connectivity index (χ4v) is 2.18. The molecule has 0 aliphatic carbocycles. The molecule has 2 N–H and O–H groups in total. The third kappa shape index (κ3) is 3.49. The average Bonchev–Trinajstić information content (AvgIpc) is 2.36. The van der Waals surface area contributed by atoms with Crippen LogP contribution in [0.5, 0.6) is 0 Å². The highest BCUT2D eigenvalue weighted by Crippen LogP contribution is 2.22. The third-order valence-electron chi connectivity index (χ3n) is 3.52. The van der Waals surface area contributed by atoms with Crippen molar-refractivity contribution >= 4 is 17.3 Å². The number of aryl methyl sites for hydroxylation is 1. The van der Waals surface area contributed by atoms with Crippen molar-refractivity contribution < 1.29 is 9.53 Å². The van der Waals surface area contributed by atoms with Crippen molar-refractivity contribution in [2.45, 2.75) is 19.4 Å². The summed E-state index contributed by atoms with van der Waals surface area (Å²) < 4.78 is 5.62.